The highest BCUT2D eigenvalue weighted by Crippen LogP contribution is 2.44. The van der Waals surface area contributed by atoms with E-state index in [0.717, 1.165) is 10.3 Å². The van der Waals surface area contributed by atoms with Crippen LogP contribution in [0.2, 0.25) is 0 Å². The molecular formula is C25H19N3O4S. The van der Waals surface area contributed by atoms with E-state index in [9.17, 15) is 14.7 Å². The summed E-state index contributed by atoms with van der Waals surface area (Å²) in [5.74, 6) is -1.05. The zero-order chi connectivity index (χ0) is 23.1. The molecule has 5 rings (SSSR count). The van der Waals surface area contributed by atoms with Gasteiger partial charge < -0.3 is 9.84 Å². The van der Waals surface area contributed by atoms with Gasteiger partial charge in [0.05, 0.1) is 28.9 Å². The lowest BCUT2D eigenvalue weighted by atomic mass is 9.96. The first-order chi connectivity index (χ1) is 16.0. The molecule has 1 saturated heterocycles. The first kappa shape index (κ1) is 20.8. The average Bonchev–Trinajstić information content (AvgIpc) is 3.37. The number of hydrogen-bond donors (Lipinski definition) is 1. The quantitative estimate of drug-likeness (QED) is 0.273. The Morgan fingerprint density at radius 2 is 1.79 bits per heavy atom. The van der Waals surface area contributed by atoms with Crippen molar-refractivity contribution in [2.24, 2.45) is 0 Å². The van der Waals surface area contributed by atoms with Crippen molar-refractivity contribution < 1.29 is 19.4 Å². The number of anilines is 1. The first-order valence-electron chi connectivity index (χ1n) is 10.2. The largest absolute Gasteiger partial charge is 0.507 e. The van der Waals surface area contributed by atoms with Crippen LogP contribution in [0.1, 0.15) is 22.7 Å². The normalized spacial score (nSPS) is 17.6. The van der Waals surface area contributed by atoms with Crippen LogP contribution in [0.5, 0.6) is 5.75 Å². The number of methoxy groups -OCH3 is 1. The number of rotatable bonds is 4. The van der Waals surface area contributed by atoms with E-state index in [1.54, 1.807) is 55.9 Å². The van der Waals surface area contributed by atoms with Crippen LogP contribution in [0.4, 0.5) is 5.13 Å². The third kappa shape index (κ3) is 3.54. The maximum absolute atomic E-state index is 13.2. The SMILES string of the molecule is COc1ccc2nc(N3C(=O)C(=O)C(=C(O)c4ccc(C)cc4)C3c3ccncc3)sc2c1. The molecule has 4 aromatic rings. The number of thiazole rings is 1. The number of hydrogen-bond acceptors (Lipinski definition) is 7. The summed E-state index contributed by atoms with van der Waals surface area (Å²) in [6, 6.07) is 15.2. The molecule has 1 amide bonds. The summed E-state index contributed by atoms with van der Waals surface area (Å²) in [5.41, 5.74) is 2.83. The molecule has 3 heterocycles. The van der Waals surface area contributed by atoms with Gasteiger partial charge in [0.25, 0.3) is 5.78 Å². The summed E-state index contributed by atoms with van der Waals surface area (Å²) < 4.78 is 6.11. The van der Waals surface area contributed by atoms with Crippen LogP contribution in [-0.2, 0) is 9.59 Å². The maximum Gasteiger partial charge on any atom is 0.301 e. The van der Waals surface area contributed by atoms with Crippen LogP contribution in [0.15, 0.2) is 72.6 Å². The number of aliphatic hydroxyl groups excluding tert-OH is 1. The Balaban J connectivity index is 1.71. The number of amides is 1. The Morgan fingerprint density at radius 3 is 2.48 bits per heavy atom. The Hall–Kier alpha value is -4.04. The standard InChI is InChI=1S/C25H19N3O4S/c1-14-3-5-16(6-4-14)22(29)20-21(15-9-11-26-12-10-15)28(24(31)23(20)30)25-27-18-8-7-17(32-2)13-19(18)33-25/h3-13,21,29H,1-2H3. The molecule has 33 heavy (non-hydrogen) atoms. The molecule has 1 unspecified atom stereocenters. The van der Waals surface area contributed by atoms with Gasteiger partial charge >= 0.3 is 5.91 Å². The third-order valence-corrected chi connectivity index (χ3v) is 6.60. The number of aromatic nitrogens is 2. The van der Waals surface area contributed by atoms with Gasteiger partial charge in [0.1, 0.15) is 11.5 Å². The fourth-order valence-electron chi connectivity index (χ4n) is 3.88. The number of carbonyl (C=O) groups is 2. The summed E-state index contributed by atoms with van der Waals surface area (Å²) in [6.45, 7) is 1.93. The smallest absolute Gasteiger partial charge is 0.301 e. The van der Waals surface area contributed by atoms with Gasteiger partial charge in [0.2, 0.25) is 0 Å². The predicted molar refractivity (Wildman–Crippen MR) is 126 cm³/mol. The molecule has 7 nitrogen and oxygen atoms in total. The highest BCUT2D eigenvalue weighted by molar-refractivity contribution is 7.22. The summed E-state index contributed by atoms with van der Waals surface area (Å²) in [5, 5.41) is 11.5. The number of ether oxygens (including phenoxy) is 1. The Morgan fingerprint density at radius 1 is 1.06 bits per heavy atom. The first-order valence-corrected chi connectivity index (χ1v) is 11.0. The van der Waals surface area contributed by atoms with Gasteiger partial charge in [-0.3, -0.25) is 19.5 Å². The van der Waals surface area contributed by atoms with Crippen LogP contribution >= 0.6 is 11.3 Å². The molecule has 0 aliphatic carbocycles. The zero-order valence-corrected chi connectivity index (χ0v) is 18.7. The number of ketones is 1. The van der Waals surface area contributed by atoms with Gasteiger partial charge in [-0.25, -0.2) is 4.98 Å². The summed E-state index contributed by atoms with van der Waals surface area (Å²) in [7, 11) is 1.58. The van der Waals surface area contributed by atoms with E-state index in [-0.39, 0.29) is 11.3 Å². The van der Waals surface area contributed by atoms with Gasteiger partial charge in [-0.15, -0.1) is 0 Å². The minimum atomic E-state index is -0.836. The van der Waals surface area contributed by atoms with E-state index in [1.165, 1.54) is 16.2 Å². The summed E-state index contributed by atoms with van der Waals surface area (Å²) in [6.07, 6.45) is 3.18. The number of aliphatic hydroxyl groups is 1. The van der Waals surface area contributed by atoms with Crippen molar-refractivity contribution in [2.75, 3.05) is 12.0 Å². The van der Waals surface area contributed by atoms with E-state index in [4.69, 9.17) is 4.74 Å². The average molecular weight is 458 g/mol. The van der Waals surface area contributed by atoms with E-state index >= 15 is 0 Å². The van der Waals surface area contributed by atoms with E-state index in [1.807, 2.05) is 25.1 Å². The van der Waals surface area contributed by atoms with Crippen LogP contribution in [0.3, 0.4) is 0 Å². The number of carbonyl (C=O) groups excluding carboxylic acids is 2. The van der Waals surface area contributed by atoms with Crippen molar-refractivity contribution >= 4 is 44.1 Å². The third-order valence-electron chi connectivity index (χ3n) is 5.58. The molecule has 0 radical (unpaired) electrons. The lowest BCUT2D eigenvalue weighted by Crippen LogP contribution is -2.29. The molecule has 8 heteroatoms. The van der Waals surface area contributed by atoms with E-state index in [0.29, 0.717) is 27.5 Å². The minimum Gasteiger partial charge on any atom is -0.507 e. The molecule has 2 aromatic heterocycles. The number of pyridine rings is 1. The van der Waals surface area contributed by atoms with Crippen LogP contribution in [0, 0.1) is 6.92 Å². The lowest BCUT2D eigenvalue weighted by Gasteiger charge is -2.22. The van der Waals surface area contributed by atoms with Crippen molar-refractivity contribution in [3.63, 3.8) is 0 Å². The molecule has 164 valence electrons. The van der Waals surface area contributed by atoms with Crippen LogP contribution in [0.25, 0.3) is 16.0 Å². The predicted octanol–water partition coefficient (Wildman–Crippen LogP) is 4.63. The van der Waals surface area contributed by atoms with Crippen molar-refractivity contribution in [1.29, 1.82) is 0 Å². The monoisotopic (exact) mass is 457 g/mol. The molecule has 0 saturated carbocycles. The number of nitrogens with zero attached hydrogens (tertiary/aromatic N) is 3. The topological polar surface area (TPSA) is 92.6 Å². The van der Waals surface area contributed by atoms with Gasteiger partial charge in [0.15, 0.2) is 5.13 Å². The zero-order valence-electron chi connectivity index (χ0n) is 17.9. The molecule has 1 aliphatic heterocycles. The van der Waals surface area contributed by atoms with E-state index in [2.05, 4.69) is 9.97 Å². The molecular weight excluding hydrogens is 438 g/mol. The number of aryl methyl sites for hydroxylation is 1. The Bertz CT molecular complexity index is 1410. The second-order valence-electron chi connectivity index (χ2n) is 7.65. The van der Waals surface area contributed by atoms with Crippen LogP contribution in [-0.4, -0.2) is 33.9 Å². The fraction of sp³-hybridized carbons (Fsp3) is 0.120. The van der Waals surface area contributed by atoms with Crippen molar-refractivity contribution in [1.82, 2.24) is 9.97 Å². The van der Waals surface area contributed by atoms with Crippen molar-refractivity contribution in [3.8, 4) is 5.75 Å². The molecule has 2 aromatic carbocycles. The number of benzene rings is 2. The summed E-state index contributed by atoms with van der Waals surface area (Å²) in [4.78, 5) is 36.5. The highest BCUT2D eigenvalue weighted by Gasteiger charge is 2.48. The van der Waals surface area contributed by atoms with Gasteiger partial charge in [-0.1, -0.05) is 41.2 Å². The van der Waals surface area contributed by atoms with Crippen molar-refractivity contribution in [2.45, 2.75) is 13.0 Å². The van der Waals surface area contributed by atoms with Gasteiger partial charge in [-0.05, 0) is 42.8 Å². The molecule has 0 bridgehead atoms. The number of Topliss-reactive ketones (excluding diaryl/α,β-unsaturated/α-hetero) is 1. The lowest BCUT2D eigenvalue weighted by molar-refractivity contribution is -0.132. The van der Waals surface area contributed by atoms with Gasteiger partial charge in [-0.2, -0.15) is 0 Å². The minimum absolute atomic E-state index is 0.0203. The molecule has 1 aliphatic rings. The number of fused-ring (bicyclic) bond motifs is 1. The Labute approximate surface area is 193 Å². The van der Waals surface area contributed by atoms with Crippen molar-refractivity contribution in [3.05, 3.63) is 89.3 Å². The maximum atomic E-state index is 13.2. The second-order valence-corrected chi connectivity index (χ2v) is 8.65. The molecule has 1 N–H and O–H groups in total. The fourth-order valence-corrected chi connectivity index (χ4v) is 4.90. The van der Waals surface area contributed by atoms with E-state index < -0.39 is 17.7 Å². The van der Waals surface area contributed by atoms with Gasteiger partial charge in [0, 0.05) is 18.0 Å². The molecule has 0 spiro atoms. The molecule has 1 atom stereocenters. The Kier molecular flexibility index (Phi) is 5.14. The molecule has 1 fully saturated rings. The highest BCUT2D eigenvalue weighted by atomic mass is 32.1. The van der Waals surface area contributed by atoms with Crippen LogP contribution < -0.4 is 9.64 Å². The summed E-state index contributed by atoms with van der Waals surface area (Å²) >= 11 is 1.28. The second kappa shape index (κ2) is 8.14.